The molecule has 3 saturated carbocycles. The second-order valence-corrected chi connectivity index (χ2v) is 18.7. The quantitative estimate of drug-likeness (QED) is 0.0958. The third kappa shape index (κ3) is 5.37. The zero-order valence-electron chi connectivity index (χ0n) is 33.0. The minimum atomic E-state index is -1.25. The Bertz CT molecular complexity index is 1930. The van der Waals surface area contributed by atoms with Crippen molar-refractivity contribution in [1.82, 2.24) is 0 Å². The molecule has 0 heterocycles. The van der Waals surface area contributed by atoms with Gasteiger partial charge >= 0.3 is 5.97 Å². The lowest BCUT2D eigenvalue weighted by molar-refractivity contribution is -0.164. The van der Waals surface area contributed by atoms with E-state index >= 15 is 4.79 Å². The lowest BCUT2D eigenvalue weighted by Gasteiger charge is -2.67. The van der Waals surface area contributed by atoms with Crippen LogP contribution in [0.5, 0.6) is 0 Å². The molecule has 7 rings (SSSR count). The third-order valence-electron chi connectivity index (χ3n) is 16.1. The van der Waals surface area contributed by atoms with Gasteiger partial charge in [-0.25, -0.2) is 9.79 Å². The van der Waals surface area contributed by atoms with Gasteiger partial charge in [0.2, 0.25) is 0 Å². The molecule has 13 atom stereocenters. The first-order valence-electron chi connectivity index (χ1n) is 20.1. The lowest BCUT2D eigenvalue weighted by Crippen LogP contribution is -2.67. The van der Waals surface area contributed by atoms with Gasteiger partial charge in [-0.1, -0.05) is 102 Å². The van der Waals surface area contributed by atoms with Crippen LogP contribution < -0.4 is 11.5 Å². The summed E-state index contributed by atoms with van der Waals surface area (Å²) in [5, 5.41) is 47.6. The van der Waals surface area contributed by atoms with Crippen molar-refractivity contribution in [3.63, 3.8) is 0 Å². The number of carboxylic acids is 1. The number of fused-ring (bicyclic) bond motifs is 3. The molecule has 55 heavy (non-hydrogen) atoms. The number of hydrogen-bond acceptors (Lipinski definition) is 7. The highest BCUT2D eigenvalue weighted by atomic mass is 16.4. The van der Waals surface area contributed by atoms with Crippen molar-refractivity contribution in [2.75, 3.05) is 0 Å². The number of allylic oxidation sites excluding steroid dienone is 2. The summed E-state index contributed by atoms with van der Waals surface area (Å²) in [5.74, 6) is -3.66. The summed E-state index contributed by atoms with van der Waals surface area (Å²) in [5.41, 5.74) is 9.53. The fourth-order valence-electron chi connectivity index (χ4n) is 13.6. The second-order valence-electron chi connectivity index (χ2n) is 18.7. The fraction of sp³-hybridized carbons (Fsp3) is 0.600. The Morgan fingerprint density at radius 1 is 1.02 bits per heavy atom. The molecule has 10 nitrogen and oxygen atoms in total. The van der Waals surface area contributed by atoms with Crippen LogP contribution in [0.2, 0.25) is 0 Å². The van der Waals surface area contributed by atoms with Gasteiger partial charge in [0.25, 0.3) is 0 Å². The summed E-state index contributed by atoms with van der Waals surface area (Å²) in [6, 6.07) is 9.16. The summed E-state index contributed by atoms with van der Waals surface area (Å²) >= 11 is 0. The molecular formula is C45H59N3O7. The summed E-state index contributed by atoms with van der Waals surface area (Å²) in [4.78, 5) is 46.1. The summed E-state index contributed by atoms with van der Waals surface area (Å²) in [6.07, 6.45) is 9.71. The Balaban J connectivity index is 1.49. The number of nitrogens with zero attached hydrogens (tertiary/aromatic N) is 1. The van der Waals surface area contributed by atoms with E-state index in [2.05, 4.69) is 24.9 Å². The van der Waals surface area contributed by atoms with Crippen molar-refractivity contribution in [2.45, 2.75) is 111 Å². The molecule has 0 aromatic heterocycles. The van der Waals surface area contributed by atoms with E-state index in [4.69, 9.17) is 11.5 Å². The van der Waals surface area contributed by atoms with Crippen LogP contribution in [0, 0.1) is 56.7 Å². The van der Waals surface area contributed by atoms with Crippen LogP contribution in [-0.2, 0) is 14.4 Å². The smallest absolute Gasteiger partial charge is 0.331 e. The number of hydrogen-bond donors (Lipinski definition) is 6. The lowest BCUT2D eigenvalue weighted by atomic mass is 9.35. The van der Waals surface area contributed by atoms with Crippen LogP contribution in [-0.4, -0.2) is 68.3 Å². The first kappa shape index (κ1) is 39.4. The molecule has 1 aromatic rings. The van der Waals surface area contributed by atoms with E-state index in [0.717, 1.165) is 18.4 Å². The highest BCUT2D eigenvalue weighted by molar-refractivity contribution is 6.03. The average molecular weight is 754 g/mol. The van der Waals surface area contributed by atoms with Crippen molar-refractivity contribution in [3.05, 3.63) is 76.9 Å². The van der Waals surface area contributed by atoms with Crippen molar-refractivity contribution >= 4 is 29.6 Å². The number of aliphatic hydroxyl groups is 3. The number of benzene rings is 1. The van der Waals surface area contributed by atoms with Crippen molar-refractivity contribution in [1.29, 1.82) is 0 Å². The average Bonchev–Trinajstić information content (AvgIpc) is 3.28. The molecule has 13 unspecified atom stereocenters. The van der Waals surface area contributed by atoms with Gasteiger partial charge in [0.05, 0.1) is 24.4 Å². The zero-order chi connectivity index (χ0) is 40.0. The summed E-state index contributed by atoms with van der Waals surface area (Å²) in [6.45, 7) is 11.6. The van der Waals surface area contributed by atoms with Crippen LogP contribution in [0.25, 0.3) is 6.08 Å². The Kier molecular flexibility index (Phi) is 9.58. The van der Waals surface area contributed by atoms with E-state index in [1.165, 1.54) is 13.0 Å². The monoisotopic (exact) mass is 753 g/mol. The van der Waals surface area contributed by atoms with Crippen LogP contribution >= 0.6 is 0 Å². The predicted molar refractivity (Wildman–Crippen MR) is 211 cm³/mol. The van der Waals surface area contributed by atoms with Gasteiger partial charge in [-0.15, -0.1) is 0 Å². The molecule has 3 fully saturated rings. The molecule has 0 aliphatic heterocycles. The number of aliphatic imine (C=N–C) groups is 1. The number of Topliss-reactive ketones (excluding diaryl/α,β-unsaturated/α-hetero) is 2. The molecule has 10 heteroatoms. The molecular weight excluding hydrogens is 695 g/mol. The number of carbonyl (C=O) groups excluding carboxylic acids is 2. The van der Waals surface area contributed by atoms with E-state index in [1.807, 2.05) is 69.3 Å². The highest BCUT2D eigenvalue weighted by Gasteiger charge is 2.79. The minimum absolute atomic E-state index is 0.00923. The third-order valence-corrected chi connectivity index (χ3v) is 16.1. The summed E-state index contributed by atoms with van der Waals surface area (Å²) < 4.78 is 0. The maximum absolute atomic E-state index is 15.8. The van der Waals surface area contributed by atoms with Crippen LogP contribution in [0.3, 0.4) is 0 Å². The molecule has 8 N–H and O–H groups in total. The number of rotatable bonds is 6. The van der Waals surface area contributed by atoms with Gasteiger partial charge in [0.1, 0.15) is 5.78 Å². The van der Waals surface area contributed by atoms with Crippen LogP contribution in [0.1, 0.15) is 92.1 Å². The Morgan fingerprint density at radius 2 is 1.69 bits per heavy atom. The molecule has 0 amide bonds. The molecule has 296 valence electrons. The van der Waals surface area contributed by atoms with Gasteiger partial charge in [-0.2, -0.15) is 0 Å². The predicted octanol–water partition coefficient (Wildman–Crippen LogP) is 5.37. The number of nitrogens with two attached hydrogens (primary N) is 2. The first-order valence-corrected chi connectivity index (χ1v) is 20.1. The largest absolute Gasteiger partial charge is 0.478 e. The Labute approximate surface area is 324 Å². The van der Waals surface area contributed by atoms with Crippen LogP contribution in [0.15, 0.2) is 76.3 Å². The van der Waals surface area contributed by atoms with E-state index in [9.17, 15) is 30.0 Å². The second kappa shape index (κ2) is 13.4. The number of guanidine groups is 1. The van der Waals surface area contributed by atoms with Crippen molar-refractivity contribution < 1.29 is 34.8 Å². The van der Waals surface area contributed by atoms with Crippen molar-refractivity contribution in [3.8, 4) is 0 Å². The van der Waals surface area contributed by atoms with E-state index in [1.54, 1.807) is 0 Å². The molecule has 1 aromatic carbocycles. The fourth-order valence-corrected chi connectivity index (χ4v) is 13.6. The number of aliphatic hydroxyl groups excluding tert-OH is 3. The molecule has 0 radical (unpaired) electrons. The molecule has 1 spiro atoms. The summed E-state index contributed by atoms with van der Waals surface area (Å²) in [7, 11) is 0. The van der Waals surface area contributed by atoms with Gasteiger partial charge in [-0.3, -0.25) is 9.59 Å². The van der Waals surface area contributed by atoms with E-state index < -0.39 is 75.2 Å². The molecule has 0 saturated heterocycles. The maximum atomic E-state index is 15.8. The SMILES string of the molecule is CC(=CC(O)C1C(N=C(N)N)C=CC23CC(O)C4(C)C5=C(C(=O)C(CCCCC12)C34C)C1(C)CCC(=O)C(C)(C)C1C(C=Cc1ccccc1)C5O)C(=O)O. The number of carbonyl (C=O) groups is 3. The minimum Gasteiger partial charge on any atom is -0.478 e. The van der Waals surface area contributed by atoms with Crippen molar-refractivity contribution in [2.24, 2.45) is 73.1 Å². The topological polar surface area (TPSA) is 197 Å². The highest BCUT2D eigenvalue weighted by Crippen LogP contribution is 2.79. The Hall–Kier alpha value is -3.86. The Morgan fingerprint density at radius 3 is 2.35 bits per heavy atom. The number of ketones is 2. The standard InChI is InChI=1S/C45H59N3O7/c1-24(39(54)55)22-30(49)33-27-14-10-11-15-28-37(53)34-35(43(5)32(51)23-45(27,44(28,43)6)21-18-29(33)48-40(46)47)36(52)26(17-16-25-12-8-7-9-13-25)38-41(2,3)31(50)19-20-42(34,38)4/h7-9,12-13,16-18,21-22,26-30,32-33,36,38,49,51-52H,10-11,14-15,19-20,23H2,1-6H3,(H,54,55)(H4,46,47,48). The number of carboxylic acid groups (broad SMARTS) is 1. The maximum Gasteiger partial charge on any atom is 0.331 e. The number of aliphatic carboxylic acids is 1. The van der Waals surface area contributed by atoms with Gasteiger partial charge in [0.15, 0.2) is 11.7 Å². The zero-order valence-corrected chi connectivity index (χ0v) is 33.0. The van der Waals surface area contributed by atoms with E-state index in [-0.39, 0.29) is 41.4 Å². The molecule has 6 aliphatic rings. The first-order chi connectivity index (χ1) is 25.8. The van der Waals surface area contributed by atoms with Crippen LogP contribution in [0.4, 0.5) is 0 Å². The van der Waals surface area contributed by atoms with Gasteiger partial charge < -0.3 is 31.9 Å². The van der Waals surface area contributed by atoms with Gasteiger partial charge in [-0.05, 0) is 67.1 Å². The van der Waals surface area contributed by atoms with E-state index in [0.29, 0.717) is 36.8 Å². The van der Waals surface area contributed by atoms with Gasteiger partial charge in [0, 0.05) is 57.0 Å². The normalized spacial score (nSPS) is 42.7. The molecule has 0 bridgehead atoms. The molecule has 6 aliphatic carbocycles.